The van der Waals surface area contributed by atoms with Crippen LogP contribution in [0.25, 0.3) is 0 Å². The summed E-state index contributed by atoms with van der Waals surface area (Å²) in [5.41, 5.74) is 6.42. The van der Waals surface area contributed by atoms with Gasteiger partial charge in [-0.3, -0.25) is 9.48 Å². The average Bonchev–Trinajstić information content (AvgIpc) is 2.74. The topological polar surface area (TPSA) is 60.9 Å². The summed E-state index contributed by atoms with van der Waals surface area (Å²) in [4.78, 5) is 12.0. The molecule has 0 aliphatic rings. The van der Waals surface area contributed by atoms with E-state index in [2.05, 4.69) is 18.9 Å². The van der Waals surface area contributed by atoms with Gasteiger partial charge >= 0.3 is 0 Å². The van der Waals surface area contributed by atoms with Crippen molar-refractivity contribution in [3.05, 3.63) is 18.0 Å². The fourth-order valence-electron chi connectivity index (χ4n) is 1.92. The molecule has 0 fully saturated rings. The zero-order valence-electron chi connectivity index (χ0n) is 11.1. The van der Waals surface area contributed by atoms with Crippen LogP contribution < -0.4 is 5.73 Å². The second-order valence-corrected chi connectivity index (χ2v) is 5.16. The van der Waals surface area contributed by atoms with Gasteiger partial charge in [0.1, 0.15) is 5.69 Å². The molecule has 1 aromatic heterocycles. The maximum Gasteiger partial charge on any atom is 0.180 e. The number of carbonyl (C=O) groups excluding carboxylic acids is 1. The number of nitrogens with two attached hydrogens (primary N) is 1. The Hall–Kier alpha value is -1.16. The van der Waals surface area contributed by atoms with E-state index in [0.717, 1.165) is 25.1 Å². The highest BCUT2D eigenvalue weighted by atomic mass is 16.1. The summed E-state index contributed by atoms with van der Waals surface area (Å²) in [7, 11) is 0. The van der Waals surface area contributed by atoms with E-state index in [1.54, 1.807) is 16.9 Å². The molecule has 0 aliphatic heterocycles. The van der Waals surface area contributed by atoms with Gasteiger partial charge in [0, 0.05) is 19.2 Å². The Kier molecular flexibility index (Phi) is 4.87. The van der Waals surface area contributed by atoms with Gasteiger partial charge in [-0.15, -0.1) is 0 Å². The van der Waals surface area contributed by atoms with Gasteiger partial charge in [0.05, 0.1) is 0 Å². The zero-order valence-corrected chi connectivity index (χ0v) is 11.1. The van der Waals surface area contributed by atoms with Gasteiger partial charge in [-0.25, -0.2) is 0 Å². The lowest BCUT2D eigenvalue weighted by Crippen LogP contribution is -2.19. The van der Waals surface area contributed by atoms with E-state index in [0.29, 0.717) is 13.0 Å². The smallest absolute Gasteiger partial charge is 0.180 e. The number of aryl methyl sites for hydroxylation is 1. The van der Waals surface area contributed by atoms with Gasteiger partial charge in [0.2, 0.25) is 0 Å². The molecule has 1 aromatic rings. The molecular formula is C13H23N3O. The molecule has 17 heavy (non-hydrogen) atoms. The third kappa shape index (κ3) is 3.97. The fourth-order valence-corrected chi connectivity index (χ4v) is 1.92. The summed E-state index contributed by atoms with van der Waals surface area (Å²) in [5, 5.41) is 4.11. The lowest BCUT2D eigenvalue weighted by molar-refractivity contribution is 0.0951. The Morgan fingerprint density at radius 2 is 2.18 bits per heavy atom. The summed E-state index contributed by atoms with van der Waals surface area (Å²) >= 11 is 0. The van der Waals surface area contributed by atoms with Crippen molar-refractivity contribution in [2.45, 2.75) is 46.6 Å². The Bertz CT molecular complexity index is 368. The van der Waals surface area contributed by atoms with Crippen molar-refractivity contribution in [1.82, 2.24) is 9.78 Å². The monoisotopic (exact) mass is 237 g/mol. The molecule has 1 rings (SSSR count). The molecule has 0 saturated carbocycles. The van der Waals surface area contributed by atoms with Gasteiger partial charge in [0.25, 0.3) is 0 Å². The normalized spacial score (nSPS) is 11.8. The minimum atomic E-state index is 0.140. The van der Waals surface area contributed by atoms with E-state index in [1.165, 1.54) is 0 Å². The molecule has 1 heterocycles. The highest BCUT2D eigenvalue weighted by molar-refractivity contribution is 5.94. The highest BCUT2D eigenvalue weighted by Crippen LogP contribution is 2.26. The minimum absolute atomic E-state index is 0.140. The standard InChI is InChI=1S/C13H23N3O/c1-4-16-11(6-10-15-16)12(17)5-7-13(2,3)8-9-14/h6,10H,4-5,7-9,14H2,1-3H3. The van der Waals surface area contributed by atoms with Crippen LogP contribution in [0.1, 0.15) is 50.5 Å². The van der Waals surface area contributed by atoms with Crippen molar-refractivity contribution in [2.75, 3.05) is 6.54 Å². The first-order chi connectivity index (χ1) is 8.00. The zero-order chi connectivity index (χ0) is 12.9. The summed E-state index contributed by atoms with van der Waals surface area (Å²) < 4.78 is 1.75. The molecule has 0 bridgehead atoms. The number of rotatable bonds is 7. The van der Waals surface area contributed by atoms with E-state index in [1.807, 2.05) is 6.92 Å². The second-order valence-electron chi connectivity index (χ2n) is 5.16. The number of nitrogens with zero attached hydrogens (tertiary/aromatic N) is 2. The molecular weight excluding hydrogens is 214 g/mol. The maximum atomic E-state index is 12.0. The number of hydrogen-bond acceptors (Lipinski definition) is 3. The van der Waals surface area contributed by atoms with E-state index in [9.17, 15) is 4.79 Å². The molecule has 0 aromatic carbocycles. The lowest BCUT2D eigenvalue weighted by atomic mass is 9.83. The molecule has 4 heteroatoms. The molecule has 0 unspecified atom stereocenters. The van der Waals surface area contributed by atoms with E-state index >= 15 is 0 Å². The van der Waals surface area contributed by atoms with Gasteiger partial charge in [0.15, 0.2) is 5.78 Å². The number of hydrogen-bond donors (Lipinski definition) is 1. The lowest BCUT2D eigenvalue weighted by Gasteiger charge is -2.23. The third-order valence-electron chi connectivity index (χ3n) is 3.15. The van der Waals surface area contributed by atoms with Gasteiger partial charge in [-0.1, -0.05) is 13.8 Å². The number of aromatic nitrogens is 2. The second kappa shape index (κ2) is 5.96. The molecule has 0 atom stereocenters. The quantitative estimate of drug-likeness (QED) is 0.740. The van der Waals surface area contributed by atoms with Crippen LogP contribution >= 0.6 is 0 Å². The molecule has 0 aliphatic carbocycles. The first-order valence-electron chi connectivity index (χ1n) is 6.25. The molecule has 4 nitrogen and oxygen atoms in total. The molecule has 0 radical (unpaired) electrons. The molecule has 0 saturated heterocycles. The first-order valence-corrected chi connectivity index (χ1v) is 6.25. The van der Waals surface area contributed by atoms with Crippen molar-refractivity contribution < 1.29 is 4.79 Å². The molecule has 2 N–H and O–H groups in total. The van der Waals surface area contributed by atoms with Crippen LogP contribution in [0.2, 0.25) is 0 Å². The summed E-state index contributed by atoms with van der Waals surface area (Å²) in [5.74, 6) is 0.175. The SMILES string of the molecule is CCn1nccc1C(=O)CCC(C)(C)CCN. The van der Waals surface area contributed by atoms with Crippen LogP contribution in [0.4, 0.5) is 0 Å². The summed E-state index contributed by atoms with van der Waals surface area (Å²) in [6.45, 7) is 7.71. The number of Topliss-reactive ketones (excluding diaryl/α,β-unsaturated/α-hetero) is 1. The van der Waals surface area contributed by atoms with E-state index in [-0.39, 0.29) is 11.2 Å². The van der Waals surface area contributed by atoms with Gasteiger partial charge in [-0.2, -0.15) is 5.10 Å². The van der Waals surface area contributed by atoms with Crippen molar-refractivity contribution in [2.24, 2.45) is 11.1 Å². The van der Waals surface area contributed by atoms with E-state index in [4.69, 9.17) is 5.73 Å². The van der Waals surface area contributed by atoms with Crippen LogP contribution in [0.5, 0.6) is 0 Å². The van der Waals surface area contributed by atoms with E-state index < -0.39 is 0 Å². The maximum absolute atomic E-state index is 12.0. The van der Waals surface area contributed by atoms with Gasteiger partial charge < -0.3 is 5.73 Å². The van der Waals surface area contributed by atoms with Crippen LogP contribution in [-0.4, -0.2) is 22.1 Å². The first kappa shape index (κ1) is 13.9. The largest absolute Gasteiger partial charge is 0.330 e. The minimum Gasteiger partial charge on any atom is -0.330 e. The van der Waals surface area contributed by atoms with Crippen LogP contribution in [0, 0.1) is 5.41 Å². The number of ketones is 1. The fraction of sp³-hybridized carbons (Fsp3) is 0.692. The van der Waals surface area contributed by atoms with Crippen molar-refractivity contribution >= 4 is 5.78 Å². The highest BCUT2D eigenvalue weighted by Gasteiger charge is 2.20. The van der Waals surface area contributed by atoms with Gasteiger partial charge in [-0.05, 0) is 37.8 Å². The van der Waals surface area contributed by atoms with Crippen molar-refractivity contribution in [3.8, 4) is 0 Å². The van der Waals surface area contributed by atoms with Crippen LogP contribution in [-0.2, 0) is 6.54 Å². The Balaban J connectivity index is 2.56. The average molecular weight is 237 g/mol. The Labute approximate surface area is 103 Å². The molecule has 0 amide bonds. The Morgan fingerprint density at radius 3 is 2.76 bits per heavy atom. The summed E-state index contributed by atoms with van der Waals surface area (Å²) in [6, 6.07) is 1.79. The van der Waals surface area contributed by atoms with Crippen molar-refractivity contribution in [3.63, 3.8) is 0 Å². The molecule has 96 valence electrons. The number of carbonyl (C=O) groups is 1. The predicted molar refractivity (Wildman–Crippen MR) is 68.9 cm³/mol. The van der Waals surface area contributed by atoms with Crippen LogP contribution in [0.3, 0.4) is 0 Å². The third-order valence-corrected chi connectivity index (χ3v) is 3.15. The molecule has 0 spiro atoms. The summed E-state index contributed by atoms with van der Waals surface area (Å²) in [6.07, 6.45) is 4.08. The van der Waals surface area contributed by atoms with Crippen molar-refractivity contribution in [1.29, 1.82) is 0 Å². The predicted octanol–water partition coefficient (Wildman–Crippen LogP) is 2.24. The Morgan fingerprint density at radius 1 is 1.47 bits per heavy atom. The van der Waals surface area contributed by atoms with Crippen LogP contribution in [0.15, 0.2) is 12.3 Å².